The molecule has 0 aliphatic carbocycles. The summed E-state index contributed by atoms with van der Waals surface area (Å²) in [4.78, 5) is 20.2. The van der Waals surface area contributed by atoms with Gasteiger partial charge in [-0.15, -0.1) is 0 Å². The highest BCUT2D eigenvalue weighted by Crippen LogP contribution is 2.40. The Balaban J connectivity index is 1.89. The average molecular weight is 430 g/mol. The third-order valence-electron chi connectivity index (χ3n) is 4.54. The molecule has 1 aromatic heterocycles. The number of carbonyl (C=O) groups is 1. The van der Waals surface area contributed by atoms with Gasteiger partial charge in [-0.2, -0.15) is 13.2 Å². The van der Waals surface area contributed by atoms with Crippen LogP contribution in [0.4, 0.5) is 17.6 Å². The lowest BCUT2D eigenvalue weighted by molar-refractivity contribution is -0.209. The van der Waals surface area contributed by atoms with E-state index < -0.39 is 36.9 Å². The molecule has 2 N–H and O–H groups in total. The van der Waals surface area contributed by atoms with E-state index in [0.29, 0.717) is 10.6 Å². The number of ketones is 1. The molecular formula is C19H16ClF4N3O2. The molecule has 0 bridgehead atoms. The van der Waals surface area contributed by atoms with Crippen molar-refractivity contribution in [3.05, 3.63) is 64.4 Å². The van der Waals surface area contributed by atoms with Crippen molar-refractivity contribution in [1.82, 2.24) is 4.98 Å². The Hall–Kier alpha value is -2.68. The Morgan fingerprint density at radius 1 is 1.31 bits per heavy atom. The van der Waals surface area contributed by atoms with Gasteiger partial charge in [0.15, 0.2) is 11.9 Å². The first-order chi connectivity index (χ1) is 13.6. The fraction of sp³-hybridized carbons (Fsp3) is 0.316. The molecule has 5 nitrogen and oxygen atoms in total. The molecule has 10 heteroatoms. The van der Waals surface area contributed by atoms with Crippen LogP contribution < -0.4 is 5.73 Å². The number of nitrogens with two attached hydrogens (primary N) is 1. The van der Waals surface area contributed by atoms with E-state index in [1.807, 2.05) is 0 Å². The number of halogens is 5. The molecule has 0 saturated carbocycles. The number of rotatable bonds is 5. The van der Waals surface area contributed by atoms with E-state index in [0.717, 1.165) is 0 Å². The summed E-state index contributed by atoms with van der Waals surface area (Å²) in [6, 6.07) is 8.28. The number of nitrogens with zero attached hydrogens (tertiary/aromatic N) is 2. The highest BCUT2D eigenvalue weighted by molar-refractivity contribution is 6.30. The summed E-state index contributed by atoms with van der Waals surface area (Å²) in [7, 11) is 0. The van der Waals surface area contributed by atoms with Gasteiger partial charge in [-0.1, -0.05) is 35.9 Å². The van der Waals surface area contributed by atoms with Gasteiger partial charge in [-0.25, -0.2) is 9.38 Å². The van der Waals surface area contributed by atoms with E-state index in [9.17, 15) is 22.4 Å². The quantitative estimate of drug-likeness (QED) is 0.576. The number of alkyl halides is 4. The number of aromatic nitrogens is 1. The minimum absolute atomic E-state index is 0.0801. The van der Waals surface area contributed by atoms with Crippen molar-refractivity contribution in [3.63, 3.8) is 0 Å². The van der Waals surface area contributed by atoms with Crippen LogP contribution in [0, 0.1) is 0 Å². The van der Waals surface area contributed by atoms with E-state index in [-0.39, 0.29) is 23.5 Å². The average Bonchev–Trinajstić information content (AvgIpc) is 2.67. The molecule has 0 saturated heterocycles. The predicted molar refractivity (Wildman–Crippen MR) is 98.5 cm³/mol. The number of Topliss-reactive ketones (excluding diaryl/α,β-unsaturated/α-hetero) is 1. The molecular weight excluding hydrogens is 414 g/mol. The van der Waals surface area contributed by atoms with Gasteiger partial charge in [0, 0.05) is 19.0 Å². The summed E-state index contributed by atoms with van der Waals surface area (Å²) in [5.41, 5.74) is 4.39. The zero-order chi connectivity index (χ0) is 21.2. The van der Waals surface area contributed by atoms with Crippen LogP contribution in [0.25, 0.3) is 0 Å². The molecule has 2 aromatic rings. The Labute approximate surface area is 168 Å². The largest absolute Gasteiger partial charge is 0.452 e. The van der Waals surface area contributed by atoms with Crippen molar-refractivity contribution in [1.29, 1.82) is 0 Å². The van der Waals surface area contributed by atoms with Crippen LogP contribution >= 0.6 is 11.6 Å². The second-order valence-corrected chi connectivity index (χ2v) is 7.07. The molecule has 1 aliphatic heterocycles. The molecule has 1 aliphatic rings. The number of hydrogen-bond donors (Lipinski definition) is 1. The summed E-state index contributed by atoms with van der Waals surface area (Å²) < 4.78 is 58.0. The van der Waals surface area contributed by atoms with Crippen LogP contribution in [0.2, 0.25) is 5.02 Å². The van der Waals surface area contributed by atoms with E-state index in [2.05, 4.69) is 14.7 Å². The molecule has 3 rings (SSSR count). The summed E-state index contributed by atoms with van der Waals surface area (Å²) in [5, 5.41) is 0.377. The zero-order valence-corrected chi connectivity index (χ0v) is 15.7. The number of aliphatic imine (C=N–C) groups is 1. The second-order valence-electron chi connectivity index (χ2n) is 6.63. The van der Waals surface area contributed by atoms with Gasteiger partial charge in [-0.3, -0.25) is 9.78 Å². The smallest absolute Gasteiger partial charge is 0.425 e. The zero-order valence-electron chi connectivity index (χ0n) is 14.9. The standard InChI is InChI=1S/C19H16ClF4N3O2/c20-13-4-5-14(26-9-13)15(28)7-11-2-1-3-12(6-11)18(10-21)8-16(19(22,23)24)29-17(25)27-18/h1-6,9,16H,7-8,10H2,(H2,25,27)/t16-,18+/m0/s1. The van der Waals surface area contributed by atoms with Gasteiger partial charge in [0.25, 0.3) is 6.02 Å². The fourth-order valence-electron chi connectivity index (χ4n) is 3.09. The first kappa shape index (κ1) is 21.0. The van der Waals surface area contributed by atoms with E-state index in [1.165, 1.54) is 36.5 Å². The maximum atomic E-state index is 14.0. The lowest BCUT2D eigenvalue weighted by Crippen LogP contribution is -2.48. The summed E-state index contributed by atoms with van der Waals surface area (Å²) in [6.07, 6.45) is -6.51. The molecule has 29 heavy (non-hydrogen) atoms. The van der Waals surface area contributed by atoms with Crippen LogP contribution in [-0.2, 0) is 16.7 Å². The summed E-state index contributed by atoms with van der Waals surface area (Å²) >= 11 is 5.75. The molecule has 0 spiro atoms. The van der Waals surface area contributed by atoms with Crippen molar-refractivity contribution in [2.45, 2.75) is 30.7 Å². The van der Waals surface area contributed by atoms with E-state index in [4.69, 9.17) is 17.3 Å². The molecule has 0 fully saturated rings. The van der Waals surface area contributed by atoms with Crippen molar-refractivity contribution in [2.24, 2.45) is 10.7 Å². The highest BCUT2D eigenvalue weighted by Gasteiger charge is 2.51. The fourth-order valence-corrected chi connectivity index (χ4v) is 3.20. The normalized spacial score (nSPS) is 22.0. The highest BCUT2D eigenvalue weighted by atomic mass is 35.5. The molecule has 2 heterocycles. The Kier molecular flexibility index (Phi) is 5.79. The Morgan fingerprint density at radius 2 is 2.07 bits per heavy atom. The first-order valence-electron chi connectivity index (χ1n) is 8.52. The van der Waals surface area contributed by atoms with Crippen LogP contribution in [0.3, 0.4) is 0 Å². The maximum absolute atomic E-state index is 14.0. The second kappa shape index (κ2) is 7.98. The lowest BCUT2D eigenvalue weighted by Gasteiger charge is -2.36. The number of amidine groups is 1. The third kappa shape index (κ3) is 4.67. The van der Waals surface area contributed by atoms with Crippen molar-refractivity contribution in [3.8, 4) is 0 Å². The number of carbonyl (C=O) groups excluding carboxylic acids is 1. The molecule has 0 unspecified atom stereocenters. The minimum Gasteiger partial charge on any atom is -0.452 e. The van der Waals surface area contributed by atoms with E-state index >= 15 is 0 Å². The van der Waals surface area contributed by atoms with Gasteiger partial charge in [0.05, 0.1) is 5.02 Å². The van der Waals surface area contributed by atoms with Crippen LogP contribution in [-0.4, -0.2) is 35.7 Å². The molecule has 0 radical (unpaired) electrons. The lowest BCUT2D eigenvalue weighted by atomic mass is 9.84. The van der Waals surface area contributed by atoms with Gasteiger partial charge in [0.2, 0.25) is 0 Å². The Bertz CT molecular complexity index is 934. The number of ether oxygens (including phenoxy) is 1. The number of pyridine rings is 1. The molecule has 0 amide bonds. The minimum atomic E-state index is -4.73. The molecule has 154 valence electrons. The molecule has 1 aromatic carbocycles. The Morgan fingerprint density at radius 3 is 2.69 bits per heavy atom. The van der Waals surface area contributed by atoms with Gasteiger partial charge in [0.1, 0.15) is 17.9 Å². The van der Waals surface area contributed by atoms with Crippen LogP contribution in [0.15, 0.2) is 47.6 Å². The van der Waals surface area contributed by atoms with Gasteiger partial charge < -0.3 is 10.5 Å². The van der Waals surface area contributed by atoms with Crippen molar-refractivity contribution in [2.75, 3.05) is 6.67 Å². The monoisotopic (exact) mass is 429 g/mol. The number of benzene rings is 1. The topological polar surface area (TPSA) is 77.6 Å². The third-order valence-corrected chi connectivity index (χ3v) is 4.76. The predicted octanol–water partition coefficient (Wildman–Crippen LogP) is 3.99. The summed E-state index contributed by atoms with van der Waals surface area (Å²) in [6.45, 7) is -1.21. The molecule has 2 atom stereocenters. The SMILES string of the molecule is NC1=N[C@](CF)(c2cccc(CC(=O)c3ccc(Cl)cn3)c2)C[C@@H](C(F)(F)F)O1. The van der Waals surface area contributed by atoms with Gasteiger partial charge >= 0.3 is 6.18 Å². The first-order valence-corrected chi connectivity index (χ1v) is 8.89. The van der Waals surface area contributed by atoms with Crippen LogP contribution in [0.5, 0.6) is 0 Å². The van der Waals surface area contributed by atoms with Gasteiger partial charge in [-0.05, 0) is 23.3 Å². The van der Waals surface area contributed by atoms with Crippen molar-refractivity contribution >= 4 is 23.4 Å². The van der Waals surface area contributed by atoms with Crippen molar-refractivity contribution < 1.29 is 27.1 Å². The van der Waals surface area contributed by atoms with E-state index in [1.54, 1.807) is 6.07 Å². The number of hydrogen-bond acceptors (Lipinski definition) is 5. The maximum Gasteiger partial charge on any atom is 0.425 e. The summed E-state index contributed by atoms with van der Waals surface area (Å²) in [5.74, 6) is -0.323. The van der Waals surface area contributed by atoms with Crippen LogP contribution in [0.1, 0.15) is 28.0 Å².